The Bertz CT molecular complexity index is 853. The molecule has 2 amide bonds. The van der Waals surface area contributed by atoms with Gasteiger partial charge in [-0.2, -0.15) is 0 Å². The molecule has 1 aliphatic heterocycles. The molecule has 7 nitrogen and oxygen atoms in total. The molecule has 0 saturated carbocycles. The quantitative estimate of drug-likeness (QED) is 0.743. The van der Waals surface area contributed by atoms with Crippen molar-refractivity contribution in [2.45, 2.75) is 0 Å². The van der Waals surface area contributed by atoms with Crippen molar-refractivity contribution >= 4 is 51.5 Å². The highest BCUT2D eigenvalue weighted by atomic mass is 35.5. The molecule has 28 heavy (non-hydrogen) atoms. The number of piperazine rings is 1. The lowest BCUT2D eigenvalue weighted by atomic mass is 10.2. The largest absolute Gasteiger partial charge is 0.383 e. The van der Waals surface area contributed by atoms with Crippen molar-refractivity contribution in [1.82, 2.24) is 14.8 Å². The molecule has 2 aromatic rings. The fourth-order valence-electron chi connectivity index (χ4n) is 2.82. The van der Waals surface area contributed by atoms with Crippen LogP contribution in [0, 0.1) is 0 Å². The molecule has 0 radical (unpaired) electrons. The zero-order valence-corrected chi connectivity index (χ0v) is 17.6. The number of amides is 2. The molecule has 1 N–H and O–H groups in total. The van der Waals surface area contributed by atoms with Crippen molar-refractivity contribution in [3.05, 3.63) is 44.9 Å². The van der Waals surface area contributed by atoms with Crippen LogP contribution in [0.25, 0.3) is 0 Å². The second kappa shape index (κ2) is 9.67. The summed E-state index contributed by atoms with van der Waals surface area (Å²) in [6, 6.07) is 4.63. The van der Waals surface area contributed by atoms with Crippen molar-refractivity contribution in [3.63, 3.8) is 0 Å². The van der Waals surface area contributed by atoms with Crippen molar-refractivity contribution in [2.75, 3.05) is 51.8 Å². The zero-order valence-electron chi connectivity index (χ0n) is 15.3. The van der Waals surface area contributed by atoms with E-state index in [-0.39, 0.29) is 10.9 Å². The van der Waals surface area contributed by atoms with E-state index < -0.39 is 5.91 Å². The highest BCUT2D eigenvalue weighted by Gasteiger charge is 2.24. The van der Waals surface area contributed by atoms with Crippen molar-refractivity contribution in [1.29, 1.82) is 0 Å². The van der Waals surface area contributed by atoms with Gasteiger partial charge in [-0.15, -0.1) is 11.3 Å². The molecule has 150 valence electrons. The van der Waals surface area contributed by atoms with E-state index in [2.05, 4.69) is 15.2 Å². The number of methoxy groups -OCH3 is 1. The monoisotopic (exact) mass is 442 g/mol. The highest BCUT2D eigenvalue weighted by Crippen LogP contribution is 2.23. The van der Waals surface area contributed by atoms with Crippen LogP contribution in [-0.2, 0) is 4.74 Å². The zero-order chi connectivity index (χ0) is 20.1. The third kappa shape index (κ3) is 5.21. The minimum atomic E-state index is -0.401. The van der Waals surface area contributed by atoms with Gasteiger partial charge in [0.1, 0.15) is 5.69 Å². The number of thiazole rings is 1. The number of rotatable bonds is 6. The van der Waals surface area contributed by atoms with Gasteiger partial charge in [0, 0.05) is 50.2 Å². The van der Waals surface area contributed by atoms with Crippen molar-refractivity contribution < 1.29 is 14.3 Å². The Balaban J connectivity index is 1.58. The predicted molar refractivity (Wildman–Crippen MR) is 111 cm³/mol. The summed E-state index contributed by atoms with van der Waals surface area (Å²) < 4.78 is 5.09. The molecule has 2 heterocycles. The number of aromatic nitrogens is 1. The normalized spacial score (nSPS) is 14.9. The van der Waals surface area contributed by atoms with Crippen LogP contribution in [0.5, 0.6) is 0 Å². The van der Waals surface area contributed by atoms with Gasteiger partial charge in [-0.05, 0) is 18.2 Å². The van der Waals surface area contributed by atoms with Crippen LogP contribution in [0.4, 0.5) is 5.13 Å². The molecule has 1 fully saturated rings. The number of nitrogens with one attached hydrogen (secondary N) is 1. The Labute approximate surface area is 177 Å². The number of halogens is 2. The van der Waals surface area contributed by atoms with Crippen molar-refractivity contribution in [3.8, 4) is 0 Å². The fraction of sp³-hybridized carbons (Fsp3) is 0.389. The Hall–Kier alpha value is -1.71. The van der Waals surface area contributed by atoms with E-state index in [0.717, 1.165) is 19.6 Å². The number of benzene rings is 1. The number of carbonyl (C=O) groups excluding carboxylic acids is 2. The van der Waals surface area contributed by atoms with Crippen LogP contribution < -0.4 is 5.32 Å². The number of carbonyl (C=O) groups is 2. The lowest BCUT2D eigenvalue weighted by Gasteiger charge is -2.34. The minimum Gasteiger partial charge on any atom is -0.383 e. The van der Waals surface area contributed by atoms with Crippen LogP contribution in [0.2, 0.25) is 10.0 Å². The van der Waals surface area contributed by atoms with Gasteiger partial charge in [0.2, 0.25) is 0 Å². The summed E-state index contributed by atoms with van der Waals surface area (Å²) in [6.07, 6.45) is 0. The first kappa shape index (κ1) is 21.0. The molecule has 1 aromatic carbocycles. The molecule has 0 spiro atoms. The van der Waals surface area contributed by atoms with E-state index in [1.807, 2.05) is 0 Å². The van der Waals surface area contributed by atoms with Gasteiger partial charge in [-0.25, -0.2) is 4.98 Å². The average molecular weight is 443 g/mol. The van der Waals surface area contributed by atoms with Crippen LogP contribution in [0.15, 0.2) is 23.6 Å². The van der Waals surface area contributed by atoms with E-state index in [4.69, 9.17) is 27.9 Å². The molecule has 0 bridgehead atoms. The van der Waals surface area contributed by atoms with E-state index in [1.165, 1.54) is 17.4 Å². The second-order valence-electron chi connectivity index (χ2n) is 6.24. The SMILES string of the molecule is COCCN1CCN(C(=O)c2csc(NC(=O)c3ccc(Cl)cc3Cl)n2)CC1. The van der Waals surface area contributed by atoms with Crippen LogP contribution >= 0.6 is 34.5 Å². The maximum atomic E-state index is 12.7. The van der Waals surface area contributed by atoms with E-state index >= 15 is 0 Å². The summed E-state index contributed by atoms with van der Waals surface area (Å²) >= 11 is 13.1. The smallest absolute Gasteiger partial charge is 0.273 e. The number of hydrogen-bond donors (Lipinski definition) is 1. The summed E-state index contributed by atoms with van der Waals surface area (Å²) in [7, 11) is 1.68. The van der Waals surface area contributed by atoms with Gasteiger partial charge in [-0.1, -0.05) is 23.2 Å². The van der Waals surface area contributed by atoms with E-state index in [0.29, 0.717) is 41.1 Å². The molecule has 0 unspecified atom stereocenters. The molecule has 0 aliphatic carbocycles. The first-order valence-electron chi connectivity index (χ1n) is 8.70. The van der Waals surface area contributed by atoms with Gasteiger partial charge >= 0.3 is 0 Å². The van der Waals surface area contributed by atoms with Crippen molar-refractivity contribution in [2.24, 2.45) is 0 Å². The Morgan fingerprint density at radius 2 is 2.00 bits per heavy atom. The maximum Gasteiger partial charge on any atom is 0.273 e. The van der Waals surface area contributed by atoms with E-state index in [9.17, 15) is 9.59 Å². The summed E-state index contributed by atoms with van der Waals surface area (Å²) in [6.45, 7) is 4.43. The van der Waals surface area contributed by atoms with Gasteiger partial charge in [-0.3, -0.25) is 19.8 Å². The fourth-order valence-corrected chi connectivity index (χ4v) is 4.00. The predicted octanol–water partition coefficient (Wildman–Crippen LogP) is 3.11. The van der Waals surface area contributed by atoms with Gasteiger partial charge < -0.3 is 9.64 Å². The molecule has 0 atom stereocenters. The lowest BCUT2D eigenvalue weighted by Crippen LogP contribution is -2.49. The molecule has 1 aliphatic rings. The summed E-state index contributed by atoms with van der Waals surface area (Å²) in [4.78, 5) is 33.3. The molecule has 1 saturated heterocycles. The number of hydrogen-bond acceptors (Lipinski definition) is 6. The third-order valence-electron chi connectivity index (χ3n) is 4.39. The van der Waals surface area contributed by atoms with Crippen LogP contribution in [0.3, 0.4) is 0 Å². The maximum absolute atomic E-state index is 12.7. The van der Waals surface area contributed by atoms with Gasteiger partial charge in [0.05, 0.1) is 17.2 Å². The van der Waals surface area contributed by atoms with Gasteiger partial charge in [0.15, 0.2) is 5.13 Å². The molecule has 1 aromatic heterocycles. The lowest BCUT2D eigenvalue weighted by molar-refractivity contribution is 0.0589. The minimum absolute atomic E-state index is 0.132. The number of ether oxygens (including phenoxy) is 1. The average Bonchev–Trinajstić information content (AvgIpc) is 3.14. The topological polar surface area (TPSA) is 74.8 Å². The third-order valence-corrected chi connectivity index (χ3v) is 5.70. The Morgan fingerprint density at radius 1 is 1.25 bits per heavy atom. The van der Waals surface area contributed by atoms with Crippen LogP contribution in [-0.4, -0.2) is 73.0 Å². The molecular formula is C18H20Cl2N4O3S. The molecule has 10 heteroatoms. The second-order valence-corrected chi connectivity index (χ2v) is 7.94. The van der Waals surface area contributed by atoms with E-state index in [1.54, 1.807) is 29.5 Å². The number of nitrogens with zero attached hydrogens (tertiary/aromatic N) is 3. The standard InChI is InChI=1S/C18H20Cl2N4O3S/c1-27-9-8-23-4-6-24(7-5-23)17(26)15-11-28-18(21-15)22-16(25)13-3-2-12(19)10-14(13)20/h2-3,10-11H,4-9H2,1H3,(H,21,22,25). The highest BCUT2D eigenvalue weighted by molar-refractivity contribution is 7.14. The molecule has 3 rings (SSSR count). The summed E-state index contributed by atoms with van der Waals surface area (Å²) in [5.41, 5.74) is 0.620. The summed E-state index contributed by atoms with van der Waals surface area (Å²) in [5.74, 6) is -0.533. The Kier molecular flexibility index (Phi) is 7.25. The van der Waals surface area contributed by atoms with Crippen LogP contribution in [0.1, 0.15) is 20.8 Å². The molecular weight excluding hydrogens is 423 g/mol. The first-order valence-corrected chi connectivity index (χ1v) is 10.3. The first-order chi connectivity index (χ1) is 13.5. The van der Waals surface area contributed by atoms with Gasteiger partial charge in [0.25, 0.3) is 11.8 Å². The summed E-state index contributed by atoms with van der Waals surface area (Å²) in [5, 5.41) is 5.38. The Morgan fingerprint density at radius 3 is 2.68 bits per heavy atom. The number of anilines is 1.